The molecule has 1 aliphatic rings. The van der Waals surface area contributed by atoms with Crippen LogP contribution in [-0.2, 0) is 0 Å². The van der Waals surface area contributed by atoms with Crippen molar-refractivity contribution in [1.82, 2.24) is 0 Å². The summed E-state index contributed by atoms with van der Waals surface area (Å²) in [4.78, 5) is 0.527. The summed E-state index contributed by atoms with van der Waals surface area (Å²) in [6.45, 7) is 4.85. The fourth-order valence-electron chi connectivity index (χ4n) is 1.54. The molecule has 1 fully saturated rings. The molecule has 0 spiro atoms. The summed E-state index contributed by atoms with van der Waals surface area (Å²) in [6, 6.07) is 2.11. The number of rotatable bonds is 5. The van der Waals surface area contributed by atoms with Crippen molar-refractivity contribution in [3.8, 4) is 11.8 Å². The van der Waals surface area contributed by atoms with Crippen LogP contribution in [0.4, 0.5) is 10.7 Å². The van der Waals surface area contributed by atoms with Crippen LogP contribution in [0.15, 0.2) is 0 Å². The van der Waals surface area contributed by atoms with E-state index < -0.39 is 0 Å². The summed E-state index contributed by atoms with van der Waals surface area (Å²) in [6.07, 6.45) is 2.64. The third kappa shape index (κ3) is 2.83. The van der Waals surface area contributed by atoms with Gasteiger partial charge in [-0.3, -0.25) is 0 Å². The van der Waals surface area contributed by atoms with Gasteiger partial charge in [0.15, 0.2) is 5.75 Å². The summed E-state index contributed by atoms with van der Waals surface area (Å²) < 4.78 is 5.68. The molecule has 0 bridgehead atoms. The van der Waals surface area contributed by atoms with Gasteiger partial charge in [-0.1, -0.05) is 0 Å². The normalized spacial score (nSPS) is 14.7. The molecule has 92 valence electrons. The van der Waals surface area contributed by atoms with Crippen LogP contribution in [0.5, 0.6) is 5.75 Å². The van der Waals surface area contributed by atoms with E-state index in [0.717, 1.165) is 17.5 Å². The number of anilines is 2. The molecule has 0 radical (unpaired) electrons. The van der Waals surface area contributed by atoms with Crippen LogP contribution in [0.2, 0.25) is 0 Å². The zero-order valence-electron chi connectivity index (χ0n) is 10.1. The average Bonchev–Trinajstić information content (AvgIpc) is 3.05. The number of nitriles is 1. The molecule has 0 saturated heterocycles. The lowest BCUT2D eigenvalue weighted by Crippen LogP contribution is -2.09. The highest BCUT2D eigenvalue weighted by molar-refractivity contribution is 7.17. The smallest absolute Gasteiger partial charge is 0.178 e. The number of thiophene rings is 1. The first-order valence-corrected chi connectivity index (χ1v) is 6.66. The Labute approximate surface area is 105 Å². The van der Waals surface area contributed by atoms with Gasteiger partial charge in [0.2, 0.25) is 0 Å². The average molecular weight is 251 g/mol. The summed E-state index contributed by atoms with van der Waals surface area (Å²) in [7, 11) is 0. The topological polar surface area (TPSA) is 71.1 Å². The Morgan fingerprint density at radius 1 is 1.59 bits per heavy atom. The highest BCUT2D eigenvalue weighted by Crippen LogP contribution is 2.43. The van der Waals surface area contributed by atoms with E-state index in [-0.39, 0.29) is 6.10 Å². The van der Waals surface area contributed by atoms with Crippen molar-refractivity contribution in [3.05, 3.63) is 4.88 Å². The molecule has 0 amide bonds. The number of hydrogen-bond acceptors (Lipinski definition) is 5. The second kappa shape index (κ2) is 4.84. The van der Waals surface area contributed by atoms with E-state index in [9.17, 15) is 0 Å². The maximum absolute atomic E-state index is 8.98. The van der Waals surface area contributed by atoms with Crippen molar-refractivity contribution >= 4 is 22.0 Å². The molecular formula is C12H17N3OS. The van der Waals surface area contributed by atoms with Gasteiger partial charge in [-0.15, -0.1) is 11.3 Å². The Bertz CT molecular complexity index is 443. The highest BCUT2D eigenvalue weighted by atomic mass is 32.1. The van der Waals surface area contributed by atoms with Crippen molar-refractivity contribution in [2.75, 3.05) is 17.6 Å². The first kappa shape index (κ1) is 12.1. The Hall–Kier alpha value is -1.41. The van der Waals surface area contributed by atoms with Gasteiger partial charge >= 0.3 is 0 Å². The SMILES string of the molecule is CC(C)Oc1c(NCC2CC2)sc(C#N)c1N. The van der Waals surface area contributed by atoms with Crippen molar-refractivity contribution in [2.45, 2.75) is 32.8 Å². The van der Waals surface area contributed by atoms with Gasteiger partial charge in [0.1, 0.15) is 21.6 Å². The molecule has 3 N–H and O–H groups in total. The lowest BCUT2D eigenvalue weighted by atomic mass is 10.3. The van der Waals surface area contributed by atoms with E-state index in [2.05, 4.69) is 11.4 Å². The molecule has 17 heavy (non-hydrogen) atoms. The number of ether oxygens (including phenoxy) is 1. The Morgan fingerprint density at radius 2 is 2.29 bits per heavy atom. The fourth-order valence-corrected chi connectivity index (χ4v) is 2.40. The zero-order valence-corrected chi connectivity index (χ0v) is 10.9. The van der Waals surface area contributed by atoms with Crippen LogP contribution in [0.1, 0.15) is 31.6 Å². The van der Waals surface area contributed by atoms with Gasteiger partial charge in [-0.2, -0.15) is 5.26 Å². The van der Waals surface area contributed by atoms with Gasteiger partial charge in [-0.05, 0) is 32.6 Å². The van der Waals surface area contributed by atoms with Crippen LogP contribution in [0.25, 0.3) is 0 Å². The third-order valence-corrected chi connectivity index (χ3v) is 3.65. The summed E-state index contributed by atoms with van der Waals surface area (Å²) in [5.74, 6) is 1.41. The number of nitrogens with two attached hydrogens (primary N) is 1. The Morgan fingerprint density at radius 3 is 2.82 bits per heavy atom. The minimum atomic E-state index is 0.0555. The second-order valence-corrected chi connectivity index (χ2v) is 5.63. The van der Waals surface area contributed by atoms with Crippen LogP contribution >= 0.6 is 11.3 Å². The number of hydrogen-bond donors (Lipinski definition) is 2. The summed E-state index contributed by atoms with van der Waals surface area (Å²) in [5, 5.41) is 13.2. The Balaban J connectivity index is 2.18. The molecule has 0 aromatic carbocycles. The van der Waals surface area contributed by atoms with Crippen LogP contribution in [-0.4, -0.2) is 12.6 Å². The largest absolute Gasteiger partial charge is 0.486 e. The monoisotopic (exact) mass is 251 g/mol. The molecule has 0 atom stereocenters. The molecular weight excluding hydrogens is 234 g/mol. The molecule has 1 aromatic rings. The van der Waals surface area contributed by atoms with E-state index in [0.29, 0.717) is 16.3 Å². The molecule has 1 aromatic heterocycles. The van der Waals surface area contributed by atoms with Crippen molar-refractivity contribution in [3.63, 3.8) is 0 Å². The lowest BCUT2D eigenvalue weighted by Gasteiger charge is -2.12. The van der Waals surface area contributed by atoms with Gasteiger partial charge in [0, 0.05) is 6.54 Å². The van der Waals surface area contributed by atoms with Crippen molar-refractivity contribution in [1.29, 1.82) is 5.26 Å². The van der Waals surface area contributed by atoms with Crippen LogP contribution in [0.3, 0.4) is 0 Å². The highest BCUT2D eigenvalue weighted by Gasteiger charge is 2.23. The van der Waals surface area contributed by atoms with Gasteiger partial charge in [0.05, 0.1) is 6.10 Å². The van der Waals surface area contributed by atoms with E-state index in [1.807, 2.05) is 13.8 Å². The predicted octanol–water partition coefficient (Wildman–Crippen LogP) is 2.81. The second-order valence-electron chi connectivity index (χ2n) is 4.61. The van der Waals surface area contributed by atoms with Crippen molar-refractivity contribution < 1.29 is 4.74 Å². The quantitative estimate of drug-likeness (QED) is 0.844. The first-order valence-electron chi connectivity index (χ1n) is 5.84. The van der Waals surface area contributed by atoms with Gasteiger partial charge in [-0.25, -0.2) is 0 Å². The third-order valence-electron chi connectivity index (χ3n) is 2.60. The molecule has 1 aliphatic carbocycles. The molecule has 2 rings (SSSR count). The maximum atomic E-state index is 8.98. The van der Waals surface area contributed by atoms with Crippen molar-refractivity contribution in [2.24, 2.45) is 5.92 Å². The molecule has 0 aliphatic heterocycles. The minimum absolute atomic E-state index is 0.0555. The van der Waals surface area contributed by atoms with E-state index in [1.54, 1.807) is 0 Å². The van der Waals surface area contributed by atoms with Gasteiger partial charge < -0.3 is 15.8 Å². The molecule has 0 unspecified atom stereocenters. The fraction of sp³-hybridized carbons (Fsp3) is 0.583. The number of nitrogen functional groups attached to an aromatic ring is 1. The number of nitrogens with one attached hydrogen (secondary N) is 1. The maximum Gasteiger partial charge on any atom is 0.178 e. The zero-order chi connectivity index (χ0) is 12.4. The summed E-state index contributed by atoms with van der Waals surface area (Å²) >= 11 is 1.38. The summed E-state index contributed by atoms with van der Waals surface area (Å²) in [5.41, 5.74) is 6.37. The van der Waals surface area contributed by atoms with E-state index in [1.165, 1.54) is 24.2 Å². The lowest BCUT2D eigenvalue weighted by molar-refractivity contribution is 0.246. The molecule has 1 saturated carbocycles. The first-order chi connectivity index (χ1) is 8.11. The standard InChI is InChI=1S/C12H17N3OS/c1-7(2)16-11-10(14)9(5-13)17-12(11)15-6-8-3-4-8/h7-8,15H,3-4,6,14H2,1-2H3. The van der Waals surface area contributed by atoms with E-state index >= 15 is 0 Å². The molecule has 5 heteroatoms. The molecule has 4 nitrogen and oxygen atoms in total. The van der Waals surface area contributed by atoms with Gasteiger partial charge in [0.25, 0.3) is 0 Å². The molecule has 1 heterocycles. The minimum Gasteiger partial charge on any atom is -0.486 e. The van der Waals surface area contributed by atoms with Crippen LogP contribution in [0, 0.1) is 17.2 Å². The Kier molecular flexibility index (Phi) is 3.43. The predicted molar refractivity (Wildman–Crippen MR) is 70.4 cm³/mol. The van der Waals surface area contributed by atoms with E-state index in [4.69, 9.17) is 15.7 Å². The number of nitrogens with zero attached hydrogens (tertiary/aromatic N) is 1. The van der Waals surface area contributed by atoms with Crippen LogP contribution < -0.4 is 15.8 Å².